The number of aryl methyl sites for hydroxylation is 1. The van der Waals surface area contributed by atoms with E-state index >= 15 is 0 Å². The topological polar surface area (TPSA) is 98.1 Å². The number of aromatic nitrogens is 4. The van der Waals surface area contributed by atoms with Crippen LogP contribution in [-0.4, -0.2) is 68.8 Å². The van der Waals surface area contributed by atoms with Gasteiger partial charge in [0.1, 0.15) is 0 Å². The molecule has 8 nitrogen and oxygen atoms in total. The fraction of sp³-hybridized carbons (Fsp3) is 0.556. The molecule has 10 heteroatoms. The van der Waals surface area contributed by atoms with Gasteiger partial charge in [-0.2, -0.15) is 4.68 Å². The minimum atomic E-state index is -3.03. The smallest absolute Gasteiger partial charge is 0.233 e. The fourth-order valence-corrected chi connectivity index (χ4v) is 6.10. The Kier molecular flexibility index (Phi) is 5.17. The van der Waals surface area contributed by atoms with Gasteiger partial charge in [0.05, 0.1) is 22.9 Å². The molecule has 0 unspecified atom stereocenters. The minimum Gasteiger partial charge on any atom is -0.335 e. The molecule has 1 aliphatic heterocycles. The predicted octanol–water partition coefficient (Wildman–Crippen LogP) is 1.55. The second-order valence-corrected chi connectivity index (χ2v) is 10.6. The number of hydrogen-bond donors (Lipinski definition) is 0. The van der Waals surface area contributed by atoms with Crippen LogP contribution in [0.1, 0.15) is 30.4 Å². The molecule has 0 N–H and O–H groups in total. The molecule has 2 fully saturated rings. The molecule has 1 saturated heterocycles. The molecule has 0 radical (unpaired) electrons. The Morgan fingerprint density at radius 2 is 2.04 bits per heavy atom. The van der Waals surface area contributed by atoms with Gasteiger partial charge in [-0.15, -0.1) is 5.10 Å². The fourth-order valence-electron chi connectivity index (χ4n) is 3.64. The van der Waals surface area contributed by atoms with Crippen LogP contribution in [0.25, 0.3) is 5.69 Å². The van der Waals surface area contributed by atoms with Crippen LogP contribution in [-0.2, 0) is 14.6 Å². The maximum atomic E-state index is 12.9. The zero-order chi connectivity index (χ0) is 19.9. The van der Waals surface area contributed by atoms with Gasteiger partial charge in [-0.05, 0) is 60.7 Å². The van der Waals surface area contributed by atoms with Crippen molar-refractivity contribution in [3.63, 3.8) is 0 Å². The summed E-state index contributed by atoms with van der Waals surface area (Å²) in [5, 5.41) is 12.5. The van der Waals surface area contributed by atoms with Gasteiger partial charge in [0.25, 0.3) is 0 Å². The summed E-state index contributed by atoms with van der Waals surface area (Å²) in [7, 11) is -3.03. The first-order chi connectivity index (χ1) is 13.4. The number of nitrogens with zero attached hydrogens (tertiary/aromatic N) is 5. The number of thioether (sulfide) groups is 1. The summed E-state index contributed by atoms with van der Waals surface area (Å²) in [6.07, 6.45) is 2.44. The molecule has 1 amide bonds. The van der Waals surface area contributed by atoms with Crippen molar-refractivity contribution in [2.45, 2.75) is 50.4 Å². The number of benzene rings is 1. The van der Waals surface area contributed by atoms with Crippen molar-refractivity contribution in [1.82, 2.24) is 25.1 Å². The van der Waals surface area contributed by atoms with E-state index in [9.17, 15) is 13.2 Å². The Labute approximate surface area is 168 Å². The molecule has 2 aromatic rings. The van der Waals surface area contributed by atoms with E-state index < -0.39 is 9.84 Å². The Morgan fingerprint density at radius 3 is 2.71 bits per heavy atom. The standard InChI is InChI=1S/C18H23N5O3S2/c1-12-4-3-5-16(13(12)2)23-18(19-20-21-23)27-10-17(24)22(14-6-7-14)15-8-9-28(25,26)11-15/h3-5,14-15H,6-11H2,1-2H3/t15-/m1/s1. The highest BCUT2D eigenvalue weighted by atomic mass is 32.2. The SMILES string of the molecule is Cc1cccc(-n2nnnc2SCC(=O)N(C2CC2)[C@@H]2CCS(=O)(=O)C2)c1C. The highest BCUT2D eigenvalue weighted by molar-refractivity contribution is 7.99. The number of carbonyl (C=O) groups is 1. The van der Waals surface area contributed by atoms with Gasteiger partial charge in [-0.3, -0.25) is 4.79 Å². The lowest BCUT2D eigenvalue weighted by atomic mass is 10.1. The van der Waals surface area contributed by atoms with E-state index in [0.29, 0.717) is 11.6 Å². The second kappa shape index (κ2) is 7.47. The molecule has 0 spiro atoms. The molecule has 2 heterocycles. The number of amides is 1. The number of hydrogen-bond acceptors (Lipinski definition) is 7. The Balaban J connectivity index is 1.48. The monoisotopic (exact) mass is 421 g/mol. The predicted molar refractivity (Wildman–Crippen MR) is 106 cm³/mol. The molecular formula is C18H23N5O3S2. The number of tetrazole rings is 1. The van der Waals surface area contributed by atoms with Gasteiger partial charge in [0, 0.05) is 12.1 Å². The van der Waals surface area contributed by atoms with Crippen LogP contribution in [0.4, 0.5) is 0 Å². The molecule has 2 aliphatic rings. The lowest BCUT2D eigenvalue weighted by Gasteiger charge is -2.28. The van der Waals surface area contributed by atoms with E-state index in [4.69, 9.17) is 0 Å². The summed E-state index contributed by atoms with van der Waals surface area (Å²) in [5.41, 5.74) is 3.11. The van der Waals surface area contributed by atoms with E-state index in [2.05, 4.69) is 15.5 Å². The highest BCUT2D eigenvalue weighted by Crippen LogP contribution is 2.33. The van der Waals surface area contributed by atoms with Crippen LogP contribution >= 0.6 is 11.8 Å². The third-order valence-electron chi connectivity index (χ3n) is 5.40. The van der Waals surface area contributed by atoms with Gasteiger partial charge in [-0.1, -0.05) is 23.9 Å². The summed E-state index contributed by atoms with van der Waals surface area (Å²) >= 11 is 1.29. The van der Waals surface area contributed by atoms with Crippen LogP contribution < -0.4 is 0 Å². The van der Waals surface area contributed by atoms with Gasteiger partial charge in [-0.25, -0.2) is 8.42 Å². The number of rotatable bonds is 6. The molecule has 150 valence electrons. The zero-order valence-electron chi connectivity index (χ0n) is 15.9. The van der Waals surface area contributed by atoms with E-state index in [-0.39, 0.29) is 35.2 Å². The number of carbonyl (C=O) groups excluding carboxylic acids is 1. The Hall–Kier alpha value is -1.94. The van der Waals surface area contributed by atoms with Gasteiger partial charge >= 0.3 is 0 Å². The van der Waals surface area contributed by atoms with Gasteiger partial charge in [0.15, 0.2) is 9.84 Å². The molecule has 1 aromatic heterocycles. The second-order valence-electron chi connectivity index (χ2n) is 7.47. The molecule has 1 aliphatic carbocycles. The van der Waals surface area contributed by atoms with Crippen LogP contribution in [0.3, 0.4) is 0 Å². The summed E-state index contributed by atoms with van der Waals surface area (Å²) in [6, 6.07) is 5.92. The summed E-state index contributed by atoms with van der Waals surface area (Å²) in [6.45, 7) is 4.05. The Morgan fingerprint density at radius 1 is 1.25 bits per heavy atom. The van der Waals surface area contributed by atoms with Crippen molar-refractivity contribution >= 4 is 27.5 Å². The molecule has 1 saturated carbocycles. The van der Waals surface area contributed by atoms with E-state index in [1.807, 2.05) is 36.9 Å². The number of sulfone groups is 1. The van der Waals surface area contributed by atoms with Crippen molar-refractivity contribution in [1.29, 1.82) is 0 Å². The molecular weight excluding hydrogens is 398 g/mol. The summed E-state index contributed by atoms with van der Waals surface area (Å²) in [4.78, 5) is 14.7. The minimum absolute atomic E-state index is 0.0369. The van der Waals surface area contributed by atoms with Crippen LogP contribution in [0.5, 0.6) is 0 Å². The summed E-state index contributed by atoms with van der Waals surface area (Å²) in [5.74, 6) is 0.412. The van der Waals surface area contributed by atoms with Crippen molar-refractivity contribution in [2.75, 3.05) is 17.3 Å². The van der Waals surface area contributed by atoms with E-state index in [0.717, 1.165) is 29.7 Å². The Bertz CT molecular complexity index is 1000. The van der Waals surface area contributed by atoms with Crippen LogP contribution in [0, 0.1) is 13.8 Å². The molecule has 28 heavy (non-hydrogen) atoms. The first-order valence-electron chi connectivity index (χ1n) is 9.35. The third kappa shape index (κ3) is 3.93. The average molecular weight is 422 g/mol. The highest BCUT2D eigenvalue weighted by Gasteiger charge is 2.42. The van der Waals surface area contributed by atoms with Crippen LogP contribution in [0.2, 0.25) is 0 Å². The molecule has 1 atom stereocenters. The van der Waals surface area contributed by atoms with E-state index in [1.54, 1.807) is 4.68 Å². The maximum Gasteiger partial charge on any atom is 0.233 e. The lowest BCUT2D eigenvalue weighted by molar-refractivity contribution is -0.130. The maximum absolute atomic E-state index is 12.9. The first-order valence-corrected chi connectivity index (χ1v) is 12.2. The normalized spacial score (nSPS) is 21.0. The largest absolute Gasteiger partial charge is 0.335 e. The van der Waals surface area contributed by atoms with E-state index in [1.165, 1.54) is 11.8 Å². The van der Waals surface area contributed by atoms with Crippen LogP contribution in [0.15, 0.2) is 23.4 Å². The zero-order valence-corrected chi connectivity index (χ0v) is 17.5. The molecule has 0 bridgehead atoms. The van der Waals surface area contributed by atoms with Crippen molar-refractivity contribution in [3.05, 3.63) is 29.3 Å². The molecule has 4 rings (SSSR count). The quantitative estimate of drug-likeness (QED) is 0.653. The summed E-state index contributed by atoms with van der Waals surface area (Å²) < 4.78 is 25.3. The van der Waals surface area contributed by atoms with Gasteiger partial charge in [0.2, 0.25) is 11.1 Å². The van der Waals surface area contributed by atoms with Gasteiger partial charge < -0.3 is 4.90 Å². The van der Waals surface area contributed by atoms with Crippen molar-refractivity contribution < 1.29 is 13.2 Å². The third-order valence-corrected chi connectivity index (χ3v) is 8.05. The first kappa shape index (κ1) is 19.4. The molecule has 1 aromatic carbocycles. The lowest BCUT2D eigenvalue weighted by Crippen LogP contribution is -2.43. The van der Waals surface area contributed by atoms with Crippen molar-refractivity contribution in [3.8, 4) is 5.69 Å². The van der Waals surface area contributed by atoms with Crippen molar-refractivity contribution in [2.24, 2.45) is 0 Å². The average Bonchev–Trinajstić information content (AvgIpc) is 3.25.